The van der Waals surface area contributed by atoms with Crippen LogP contribution in [0.3, 0.4) is 0 Å². The molecule has 0 aromatic rings. The van der Waals surface area contributed by atoms with E-state index in [1.54, 1.807) is 0 Å². The molecule has 392 valence electrons. The predicted octanol–water partition coefficient (Wildman–Crippen LogP) is 19.7. The van der Waals surface area contributed by atoms with E-state index in [0.29, 0.717) is 19.3 Å². The average molecular weight is 942 g/mol. The first-order valence-electron chi connectivity index (χ1n) is 29.5. The molecule has 0 saturated heterocycles. The van der Waals surface area contributed by atoms with Crippen LogP contribution < -0.4 is 0 Å². The summed E-state index contributed by atoms with van der Waals surface area (Å²) < 4.78 is 16.8. The number of allylic oxidation sites excluding steroid dienone is 6. The molecule has 0 aromatic carbocycles. The molecule has 1 unspecified atom stereocenters. The van der Waals surface area contributed by atoms with Crippen LogP contribution in [0.4, 0.5) is 0 Å². The van der Waals surface area contributed by atoms with Gasteiger partial charge in [0.1, 0.15) is 13.2 Å². The van der Waals surface area contributed by atoms with Crippen molar-refractivity contribution in [2.75, 3.05) is 13.2 Å². The fraction of sp³-hybridized carbons (Fsp3) is 0.852. The topological polar surface area (TPSA) is 78.9 Å². The van der Waals surface area contributed by atoms with Crippen molar-refractivity contribution >= 4 is 17.9 Å². The van der Waals surface area contributed by atoms with Gasteiger partial charge in [-0.05, 0) is 89.9 Å². The van der Waals surface area contributed by atoms with E-state index in [2.05, 4.69) is 57.2 Å². The number of rotatable bonds is 54. The lowest BCUT2D eigenvalue weighted by atomic mass is 10.0. The van der Waals surface area contributed by atoms with Gasteiger partial charge in [0.25, 0.3) is 0 Å². The Hall–Kier alpha value is -2.37. The minimum absolute atomic E-state index is 0.0756. The van der Waals surface area contributed by atoms with Gasteiger partial charge in [-0.25, -0.2) is 0 Å². The summed E-state index contributed by atoms with van der Waals surface area (Å²) >= 11 is 0. The zero-order valence-corrected chi connectivity index (χ0v) is 44.9. The number of carbonyl (C=O) groups is 3. The Morgan fingerprint density at radius 1 is 0.284 bits per heavy atom. The summed E-state index contributed by atoms with van der Waals surface area (Å²) in [6, 6.07) is 0. The molecule has 0 aliphatic heterocycles. The van der Waals surface area contributed by atoms with E-state index in [1.807, 2.05) is 0 Å². The Labute approximate surface area is 416 Å². The lowest BCUT2D eigenvalue weighted by molar-refractivity contribution is -0.167. The first kappa shape index (κ1) is 64.6. The molecule has 0 N–H and O–H groups in total. The lowest BCUT2D eigenvalue weighted by Gasteiger charge is -2.18. The second-order valence-corrected chi connectivity index (χ2v) is 19.9. The highest BCUT2D eigenvalue weighted by molar-refractivity contribution is 5.71. The average Bonchev–Trinajstić information content (AvgIpc) is 3.33. The normalized spacial score (nSPS) is 12.2. The number of ether oxygens (including phenoxy) is 3. The van der Waals surface area contributed by atoms with E-state index in [4.69, 9.17) is 14.2 Å². The van der Waals surface area contributed by atoms with Crippen LogP contribution >= 0.6 is 0 Å². The van der Waals surface area contributed by atoms with Gasteiger partial charge in [-0.2, -0.15) is 0 Å². The SMILES string of the molecule is CCC/C=C\CCCCCCCC(=O)OCC(COC(=O)CCCCCCCCCCCCCCCCC/C=C\CCCCCCCCCC)OC(=O)CCCCCCC/C=C\CCCCC. The van der Waals surface area contributed by atoms with Crippen molar-refractivity contribution in [2.24, 2.45) is 0 Å². The highest BCUT2D eigenvalue weighted by atomic mass is 16.6. The molecule has 0 aromatic heterocycles. The maximum Gasteiger partial charge on any atom is 0.306 e. The van der Waals surface area contributed by atoms with E-state index in [9.17, 15) is 14.4 Å². The number of carbonyl (C=O) groups excluding carboxylic acids is 3. The van der Waals surface area contributed by atoms with Crippen molar-refractivity contribution in [1.82, 2.24) is 0 Å². The van der Waals surface area contributed by atoms with E-state index >= 15 is 0 Å². The fourth-order valence-corrected chi connectivity index (χ4v) is 8.61. The molecule has 0 amide bonds. The molecule has 0 aliphatic rings. The number of esters is 3. The monoisotopic (exact) mass is 941 g/mol. The standard InChI is InChI=1S/C61H112O6/c1-4-7-10-13-16-19-22-24-25-26-27-28-29-30-31-32-33-34-35-36-37-38-40-42-45-48-51-54-60(63)66-57-58(56-65-59(62)53-50-47-44-41-21-18-15-12-9-6-3)67-61(64)55-52-49-46-43-39-23-20-17-14-11-8-5-2/h12,15,17,20,26-27,58H,4-11,13-14,16,18-19,21-25,28-57H2,1-3H3/b15-12-,20-17-,27-26-. The largest absolute Gasteiger partial charge is 0.462 e. The van der Waals surface area contributed by atoms with Gasteiger partial charge in [0.15, 0.2) is 6.10 Å². The van der Waals surface area contributed by atoms with Crippen molar-refractivity contribution in [3.05, 3.63) is 36.5 Å². The molecule has 0 rings (SSSR count). The quantitative estimate of drug-likeness (QED) is 0.0262. The molecule has 6 heteroatoms. The first-order chi connectivity index (χ1) is 33.0. The van der Waals surface area contributed by atoms with Crippen molar-refractivity contribution in [3.8, 4) is 0 Å². The molecule has 0 bridgehead atoms. The van der Waals surface area contributed by atoms with Crippen LogP contribution in [0, 0.1) is 0 Å². The summed E-state index contributed by atoms with van der Waals surface area (Å²) in [6.07, 6.45) is 67.4. The van der Waals surface area contributed by atoms with Gasteiger partial charge in [0.05, 0.1) is 0 Å². The van der Waals surface area contributed by atoms with Crippen LogP contribution in [0.25, 0.3) is 0 Å². The Kier molecular flexibility index (Phi) is 54.2. The third-order valence-electron chi connectivity index (χ3n) is 13.1. The molecule has 0 heterocycles. The van der Waals surface area contributed by atoms with E-state index in [1.165, 1.54) is 193 Å². The van der Waals surface area contributed by atoms with E-state index in [-0.39, 0.29) is 31.1 Å². The van der Waals surface area contributed by atoms with Gasteiger partial charge in [0.2, 0.25) is 0 Å². The van der Waals surface area contributed by atoms with E-state index in [0.717, 1.165) is 83.5 Å². The molecular weight excluding hydrogens is 829 g/mol. The van der Waals surface area contributed by atoms with Crippen molar-refractivity contribution < 1.29 is 28.6 Å². The van der Waals surface area contributed by atoms with Crippen LogP contribution in [0.1, 0.15) is 316 Å². The fourth-order valence-electron chi connectivity index (χ4n) is 8.61. The minimum Gasteiger partial charge on any atom is -0.462 e. The Bertz CT molecular complexity index is 1130. The lowest BCUT2D eigenvalue weighted by Crippen LogP contribution is -2.30. The number of unbranched alkanes of at least 4 members (excludes halogenated alkanes) is 37. The van der Waals surface area contributed by atoms with Crippen molar-refractivity contribution in [1.29, 1.82) is 0 Å². The summed E-state index contributed by atoms with van der Waals surface area (Å²) in [7, 11) is 0. The van der Waals surface area contributed by atoms with Crippen LogP contribution in [-0.2, 0) is 28.6 Å². The van der Waals surface area contributed by atoms with Crippen molar-refractivity contribution in [2.45, 2.75) is 322 Å². The molecule has 0 saturated carbocycles. The van der Waals surface area contributed by atoms with Crippen LogP contribution in [0.5, 0.6) is 0 Å². The molecule has 1 atom stereocenters. The van der Waals surface area contributed by atoms with Crippen LogP contribution in [-0.4, -0.2) is 37.2 Å². The van der Waals surface area contributed by atoms with Gasteiger partial charge in [0, 0.05) is 19.3 Å². The van der Waals surface area contributed by atoms with Gasteiger partial charge in [-0.3, -0.25) is 14.4 Å². The molecule has 0 aliphatic carbocycles. The third kappa shape index (κ3) is 54.4. The molecule has 0 fully saturated rings. The molecule has 6 nitrogen and oxygen atoms in total. The third-order valence-corrected chi connectivity index (χ3v) is 13.1. The summed E-state index contributed by atoms with van der Waals surface area (Å²) in [5.74, 6) is -0.883. The minimum atomic E-state index is -0.776. The van der Waals surface area contributed by atoms with E-state index < -0.39 is 6.10 Å². The Morgan fingerprint density at radius 3 is 0.836 bits per heavy atom. The van der Waals surface area contributed by atoms with Gasteiger partial charge in [-0.15, -0.1) is 0 Å². The molecule has 67 heavy (non-hydrogen) atoms. The first-order valence-corrected chi connectivity index (χ1v) is 29.5. The van der Waals surface area contributed by atoms with Crippen LogP contribution in [0.15, 0.2) is 36.5 Å². The van der Waals surface area contributed by atoms with Gasteiger partial charge >= 0.3 is 17.9 Å². The molecule has 0 spiro atoms. The highest BCUT2D eigenvalue weighted by Gasteiger charge is 2.19. The number of hydrogen-bond donors (Lipinski definition) is 0. The maximum atomic E-state index is 12.8. The zero-order valence-electron chi connectivity index (χ0n) is 44.9. The Morgan fingerprint density at radius 2 is 0.522 bits per heavy atom. The smallest absolute Gasteiger partial charge is 0.306 e. The summed E-state index contributed by atoms with van der Waals surface area (Å²) in [4.78, 5) is 38.0. The van der Waals surface area contributed by atoms with Crippen LogP contribution in [0.2, 0.25) is 0 Å². The van der Waals surface area contributed by atoms with Gasteiger partial charge < -0.3 is 14.2 Å². The summed E-state index contributed by atoms with van der Waals surface area (Å²) in [5, 5.41) is 0. The Balaban J connectivity index is 4.11. The van der Waals surface area contributed by atoms with Crippen molar-refractivity contribution in [3.63, 3.8) is 0 Å². The summed E-state index contributed by atoms with van der Waals surface area (Å²) in [5.41, 5.74) is 0. The second kappa shape index (κ2) is 56.2. The predicted molar refractivity (Wildman–Crippen MR) is 289 cm³/mol. The maximum absolute atomic E-state index is 12.8. The molecular formula is C61H112O6. The highest BCUT2D eigenvalue weighted by Crippen LogP contribution is 2.16. The molecule has 0 radical (unpaired) electrons. The number of hydrogen-bond acceptors (Lipinski definition) is 6. The zero-order chi connectivity index (χ0) is 48.6. The second-order valence-electron chi connectivity index (χ2n) is 19.9. The summed E-state index contributed by atoms with van der Waals surface area (Å²) in [6.45, 7) is 6.57. The van der Waals surface area contributed by atoms with Gasteiger partial charge in [-0.1, -0.05) is 243 Å².